The Morgan fingerprint density at radius 1 is 1.43 bits per heavy atom. The van der Waals surface area contributed by atoms with E-state index in [1.807, 2.05) is 6.92 Å². The van der Waals surface area contributed by atoms with E-state index in [-0.39, 0.29) is 18.4 Å². The minimum atomic E-state index is -0.806. The smallest absolute Gasteiger partial charge is 0.303 e. The molecule has 0 aliphatic heterocycles. The monoisotopic (exact) mass is 296 g/mol. The fourth-order valence-electron chi connectivity index (χ4n) is 3.08. The van der Waals surface area contributed by atoms with Gasteiger partial charge in [0.15, 0.2) is 0 Å². The van der Waals surface area contributed by atoms with Crippen molar-refractivity contribution in [2.45, 2.75) is 58.0 Å². The molecule has 1 N–H and O–H groups in total. The van der Waals surface area contributed by atoms with Crippen LogP contribution in [-0.4, -0.2) is 28.3 Å². The molecule has 0 aromatic carbocycles. The number of carboxylic acids is 1. The summed E-state index contributed by atoms with van der Waals surface area (Å²) in [5, 5.41) is 12.8. The standard InChI is InChI=1S/C15H24N2O4/c1-10(9-13(18)19)8-12-16-15(17-21-12)14(20-2)11-6-4-3-5-7-11/h10-11,14H,3-9H2,1-2H3,(H,18,19). The zero-order chi connectivity index (χ0) is 15.2. The van der Waals surface area contributed by atoms with Gasteiger partial charge in [-0.05, 0) is 24.7 Å². The highest BCUT2D eigenvalue weighted by molar-refractivity contribution is 5.66. The first-order valence-electron chi connectivity index (χ1n) is 7.67. The van der Waals surface area contributed by atoms with Crippen LogP contribution in [0.1, 0.15) is 63.3 Å². The van der Waals surface area contributed by atoms with Gasteiger partial charge in [-0.1, -0.05) is 31.3 Å². The van der Waals surface area contributed by atoms with Gasteiger partial charge in [0, 0.05) is 20.0 Å². The van der Waals surface area contributed by atoms with Crippen LogP contribution in [0.3, 0.4) is 0 Å². The highest BCUT2D eigenvalue weighted by Crippen LogP contribution is 2.35. The lowest BCUT2D eigenvalue weighted by atomic mass is 9.85. The second kappa shape index (κ2) is 7.54. The third-order valence-electron chi connectivity index (χ3n) is 4.12. The maximum atomic E-state index is 10.7. The van der Waals surface area contributed by atoms with Crippen molar-refractivity contribution < 1.29 is 19.2 Å². The molecule has 0 saturated heterocycles. The first-order valence-corrected chi connectivity index (χ1v) is 7.67. The second-order valence-electron chi connectivity index (χ2n) is 6.01. The molecule has 1 aromatic rings. The number of aromatic nitrogens is 2. The van der Waals surface area contributed by atoms with Gasteiger partial charge in [-0.3, -0.25) is 4.79 Å². The van der Waals surface area contributed by atoms with Crippen molar-refractivity contribution in [3.8, 4) is 0 Å². The highest BCUT2D eigenvalue weighted by atomic mass is 16.5. The third-order valence-corrected chi connectivity index (χ3v) is 4.12. The SMILES string of the molecule is COC(c1noc(CC(C)CC(=O)O)n1)C1CCCCC1. The summed E-state index contributed by atoms with van der Waals surface area (Å²) in [6, 6.07) is 0. The summed E-state index contributed by atoms with van der Waals surface area (Å²) in [4.78, 5) is 15.1. The van der Waals surface area contributed by atoms with Crippen molar-refractivity contribution >= 4 is 5.97 Å². The van der Waals surface area contributed by atoms with Gasteiger partial charge in [-0.2, -0.15) is 4.98 Å². The molecule has 1 fully saturated rings. The van der Waals surface area contributed by atoms with E-state index in [1.165, 1.54) is 19.3 Å². The Hall–Kier alpha value is -1.43. The van der Waals surface area contributed by atoms with Gasteiger partial charge in [-0.25, -0.2) is 0 Å². The van der Waals surface area contributed by atoms with E-state index in [4.69, 9.17) is 14.4 Å². The number of rotatable bonds is 7. The molecule has 2 unspecified atom stereocenters. The Balaban J connectivity index is 1.98. The van der Waals surface area contributed by atoms with Crippen molar-refractivity contribution in [3.05, 3.63) is 11.7 Å². The largest absolute Gasteiger partial charge is 0.481 e. The van der Waals surface area contributed by atoms with E-state index < -0.39 is 5.97 Å². The summed E-state index contributed by atoms with van der Waals surface area (Å²) >= 11 is 0. The van der Waals surface area contributed by atoms with Crippen LogP contribution in [0.4, 0.5) is 0 Å². The second-order valence-corrected chi connectivity index (χ2v) is 6.01. The zero-order valence-electron chi connectivity index (χ0n) is 12.7. The molecule has 1 aromatic heterocycles. The molecule has 1 heterocycles. The molecule has 2 rings (SSSR count). The average molecular weight is 296 g/mol. The van der Waals surface area contributed by atoms with Crippen LogP contribution in [0.15, 0.2) is 4.52 Å². The number of hydrogen-bond acceptors (Lipinski definition) is 5. The van der Waals surface area contributed by atoms with Crippen molar-refractivity contribution in [2.24, 2.45) is 11.8 Å². The van der Waals surface area contributed by atoms with Gasteiger partial charge in [0.05, 0.1) is 0 Å². The Labute approximate surface area is 124 Å². The molecule has 21 heavy (non-hydrogen) atoms. The molecule has 1 saturated carbocycles. The average Bonchev–Trinajstić information content (AvgIpc) is 2.88. The topological polar surface area (TPSA) is 85.5 Å². The number of carboxylic acid groups (broad SMARTS) is 1. The molecular formula is C15H24N2O4. The van der Waals surface area contributed by atoms with Gasteiger partial charge < -0.3 is 14.4 Å². The summed E-state index contributed by atoms with van der Waals surface area (Å²) in [6.07, 6.45) is 6.49. The lowest BCUT2D eigenvalue weighted by molar-refractivity contribution is -0.137. The Kier molecular flexibility index (Phi) is 5.73. The van der Waals surface area contributed by atoms with Crippen molar-refractivity contribution in [2.75, 3.05) is 7.11 Å². The number of aliphatic carboxylic acids is 1. The maximum absolute atomic E-state index is 10.7. The molecule has 2 atom stereocenters. The molecule has 118 valence electrons. The molecular weight excluding hydrogens is 272 g/mol. The quantitative estimate of drug-likeness (QED) is 0.832. The molecule has 0 radical (unpaired) electrons. The summed E-state index contributed by atoms with van der Waals surface area (Å²) in [7, 11) is 1.68. The Morgan fingerprint density at radius 2 is 2.14 bits per heavy atom. The summed E-state index contributed by atoms with van der Waals surface area (Å²) in [6.45, 7) is 1.87. The number of ether oxygens (including phenoxy) is 1. The molecule has 1 aliphatic rings. The van der Waals surface area contributed by atoms with E-state index in [1.54, 1.807) is 7.11 Å². The molecule has 0 spiro atoms. The zero-order valence-corrected chi connectivity index (χ0v) is 12.7. The van der Waals surface area contributed by atoms with Gasteiger partial charge in [-0.15, -0.1) is 0 Å². The fraction of sp³-hybridized carbons (Fsp3) is 0.800. The number of carbonyl (C=O) groups is 1. The van der Waals surface area contributed by atoms with E-state index in [0.717, 1.165) is 12.8 Å². The van der Waals surface area contributed by atoms with E-state index in [0.29, 0.717) is 24.1 Å². The predicted molar refractivity (Wildman–Crippen MR) is 75.7 cm³/mol. The minimum absolute atomic E-state index is 0.0218. The van der Waals surface area contributed by atoms with Gasteiger partial charge in [0.2, 0.25) is 11.7 Å². The maximum Gasteiger partial charge on any atom is 0.303 e. The van der Waals surface area contributed by atoms with Gasteiger partial charge in [0.1, 0.15) is 6.10 Å². The van der Waals surface area contributed by atoms with Gasteiger partial charge in [0.25, 0.3) is 0 Å². The molecule has 6 heteroatoms. The summed E-state index contributed by atoms with van der Waals surface area (Å²) < 4.78 is 10.8. The van der Waals surface area contributed by atoms with Crippen LogP contribution in [0.5, 0.6) is 0 Å². The molecule has 0 amide bonds. The van der Waals surface area contributed by atoms with E-state index in [9.17, 15) is 4.79 Å². The fourth-order valence-corrected chi connectivity index (χ4v) is 3.08. The molecule has 1 aliphatic carbocycles. The van der Waals surface area contributed by atoms with Crippen molar-refractivity contribution in [3.63, 3.8) is 0 Å². The van der Waals surface area contributed by atoms with Crippen molar-refractivity contribution in [1.82, 2.24) is 10.1 Å². The summed E-state index contributed by atoms with van der Waals surface area (Å²) in [5.74, 6) is 0.717. The molecule has 0 bridgehead atoms. The van der Waals surface area contributed by atoms with Crippen LogP contribution in [0, 0.1) is 11.8 Å². The third kappa shape index (κ3) is 4.52. The van der Waals surface area contributed by atoms with Crippen LogP contribution in [-0.2, 0) is 16.0 Å². The van der Waals surface area contributed by atoms with Crippen LogP contribution in [0.2, 0.25) is 0 Å². The number of methoxy groups -OCH3 is 1. The first kappa shape index (κ1) is 15.9. The number of hydrogen-bond donors (Lipinski definition) is 1. The Bertz CT molecular complexity index is 454. The number of nitrogens with zero attached hydrogens (tertiary/aromatic N) is 2. The normalized spacial score (nSPS) is 19.3. The van der Waals surface area contributed by atoms with Gasteiger partial charge >= 0.3 is 5.97 Å². The van der Waals surface area contributed by atoms with Crippen LogP contribution < -0.4 is 0 Å². The molecule has 6 nitrogen and oxygen atoms in total. The Morgan fingerprint density at radius 3 is 2.76 bits per heavy atom. The summed E-state index contributed by atoms with van der Waals surface area (Å²) in [5.41, 5.74) is 0. The minimum Gasteiger partial charge on any atom is -0.481 e. The lowest BCUT2D eigenvalue weighted by Gasteiger charge is -2.26. The highest BCUT2D eigenvalue weighted by Gasteiger charge is 2.29. The van der Waals surface area contributed by atoms with Crippen molar-refractivity contribution in [1.29, 1.82) is 0 Å². The first-order chi connectivity index (χ1) is 10.1. The van der Waals surface area contributed by atoms with E-state index in [2.05, 4.69) is 10.1 Å². The van der Waals surface area contributed by atoms with Crippen LogP contribution in [0.25, 0.3) is 0 Å². The van der Waals surface area contributed by atoms with Crippen LogP contribution >= 0.6 is 0 Å². The van der Waals surface area contributed by atoms with E-state index >= 15 is 0 Å². The lowest BCUT2D eigenvalue weighted by Crippen LogP contribution is -2.19. The predicted octanol–water partition coefficient (Wildman–Crippen LogP) is 2.99.